The van der Waals surface area contributed by atoms with Crippen LogP contribution in [0.1, 0.15) is 36.0 Å². The highest BCUT2D eigenvalue weighted by Crippen LogP contribution is 2.29. The summed E-state index contributed by atoms with van der Waals surface area (Å²) in [5, 5.41) is 20.2. The minimum atomic E-state index is -0.216. The fourth-order valence-corrected chi connectivity index (χ4v) is 5.40. The molecule has 1 aliphatic heterocycles. The number of halogens is 1. The molecule has 0 unspecified atom stereocenters. The molecule has 2 aromatic heterocycles. The zero-order chi connectivity index (χ0) is 27.2. The third-order valence-corrected chi connectivity index (χ3v) is 7.37. The van der Waals surface area contributed by atoms with Crippen molar-refractivity contribution >= 4 is 22.7 Å². The monoisotopic (exact) mass is 526 g/mol. The van der Waals surface area contributed by atoms with Gasteiger partial charge < -0.3 is 15.5 Å². The Labute approximate surface area is 229 Å². The minimum absolute atomic E-state index is 0.216. The Morgan fingerprint density at radius 3 is 2.77 bits per heavy atom. The summed E-state index contributed by atoms with van der Waals surface area (Å²) in [5.41, 5.74) is 6.27. The van der Waals surface area contributed by atoms with Gasteiger partial charge in [-0.05, 0) is 85.9 Å². The van der Waals surface area contributed by atoms with Gasteiger partial charge in [0.25, 0.3) is 0 Å². The molecular formula is C30H35FN8. The van der Waals surface area contributed by atoms with Crippen LogP contribution in [-0.2, 0) is 13.1 Å². The van der Waals surface area contributed by atoms with E-state index in [4.69, 9.17) is 5.26 Å². The van der Waals surface area contributed by atoms with E-state index in [1.807, 2.05) is 23.8 Å². The fraction of sp³-hybridized carbons (Fsp3) is 0.367. The Morgan fingerprint density at radius 1 is 1.15 bits per heavy atom. The van der Waals surface area contributed by atoms with Crippen molar-refractivity contribution in [2.24, 2.45) is 0 Å². The second kappa shape index (κ2) is 12.2. The standard InChI is InChI=1S/C30H35FN8/c1-22-17-27(7-8-28(22)37(2)19-23-5-3-6-25(31)18-23)36-30-29-24(9-16-39(29)35-21-34-30)20-38-14-10-26(11-15-38)33-13-4-12-32/h3,5-9,16-18,21,26,33H,4,10-11,13-15,19-20H2,1-2H3,(H,34,35,36). The van der Waals surface area contributed by atoms with Crippen molar-refractivity contribution in [1.29, 1.82) is 5.26 Å². The van der Waals surface area contributed by atoms with Gasteiger partial charge in [0.15, 0.2) is 5.82 Å². The van der Waals surface area contributed by atoms with Crippen molar-refractivity contribution in [3.63, 3.8) is 0 Å². The number of hydrogen-bond acceptors (Lipinski definition) is 7. The first-order valence-electron chi connectivity index (χ1n) is 13.5. The lowest BCUT2D eigenvalue weighted by Crippen LogP contribution is -2.42. The quantitative estimate of drug-likeness (QED) is 0.281. The lowest BCUT2D eigenvalue weighted by atomic mass is 10.0. The highest BCUT2D eigenvalue weighted by atomic mass is 19.1. The van der Waals surface area contributed by atoms with E-state index >= 15 is 0 Å². The number of aromatic nitrogens is 3. The molecule has 0 spiro atoms. The Hall–Kier alpha value is -4.00. The molecule has 9 heteroatoms. The first kappa shape index (κ1) is 26.6. The smallest absolute Gasteiger partial charge is 0.158 e. The lowest BCUT2D eigenvalue weighted by molar-refractivity contribution is 0.192. The number of piperidine rings is 1. The molecule has 3 heterocycles. The number of fused-ring (bicyclic) bond motifs is 1. The maximum absolute atomic E-state index is 13.6. The molecule has 0 saturated carbocycles. The van der Waals surface area contributed by atoms with E-state index in [0.717, 1.165) is 72.9 Å². The zero-order valence-corrected chi connectivity index (χ0v) is 22.6. The first-order valence-corrected chi connectivity index (χ1v) is 13.5. The SMILES string of the molecule is Cc1cc(Nc2ncnn3ccc(CN4CCC(NCCC#N)CC4)c23)ccc1N(C)Cc1cccc(F)c1. The summed E-state index contributed by atoms with van der Waals surface area (Å²) in [4.78, 5) is 9.19. The summed E-state index contributed by atoms with van der Waals surface area (Å²) < 4.78 is 15.5. The Morgan fingerprint density at radius 2 is 2.00 bits per heavy atom. The third kappa shape index (κ3) is 6.53. The highest BCUT2D eigenvalue weighted by molar-refractivity contribution is 5.77. The molecule has 4 aromatic rings. The second-order valence-corrected chi connectivity index (χ2v) is 10.3. The van der Waals surface area contributed by atoms with Crippen molar-refractivity contribution in [3.8, 4) is 6.07 Å². The average molecular weight is 527 g/mol. The summed E-state index contributed by atoms with van der Waals surface area (Å²) in [6.45, 7) is 6.34. The van der Waals surface area contributed by atoms with Gasteiger partial charge in [-0.1, -0.05) is 12.1 Å². The van der Waals surface area contributed by atoms with E-state index in [0.29, 0.717) is 19.0 Å². The Balaban J connectivity index is 1.27. The van der Waals surface area contributed by atoms with Gasteiger partial charge in [-0.15, -0.1) is 0 Å². The number of benzene rings is 2. The van der Waals surface area contributed by atoms with Crippen molar-refractivity contribution < 1.29 is 4.39 Å². The van der Waals surface area contributed by atoms with Gasteiger partial charge in [0.05, 0.1) is 6.07 Å². The first-order chi connectivity index (χ1) is 19.0. The number of aryl methyl sites for hydroxylation is 1. The molecule has 5 rings (SSSR count). The number of nitrogens with one attached hydrogen (secondary N) is 2. The number of likely N-dealkylation sites (tertiary alicyclic amines) is 1. The molecule has 0 radical (unpaired) electrons. The van der Waals surface area contributed by atoms with Crippen molar-refractivity contribution in [2.75, 3.05) is 36.9 Å². The Bertz CT molecular complexity index is 1450. The number of anilines is 3. The van der Waals surface area contributed by atoms with Gasteiger partial charge in [-0.2, -0.15) is 10.4 Å². The van der Waals surface area contributed by atoms with Crippen LogP contribution in [-0.4, -0.2) is 52.2 Å². The molecular weight excluding hydrogens is 491 g/mol. The van der Waals surface area contributed by atoms with Gasteiger partial charge in [0.2, 0.25) is 0 Å². The molecule has 1 aliphatic rings. The molecule has 1 saturated heterocycles. The van der Waals surface area contributed by atoms with Crippen LogP contribution in [0.5, 0.6) is 0 Å². The van der Waals surface area contributed by atoms with Gasteiger partial charge in [0.1, 0.15) is 17.7 Å². The van der Waals surface area contributed by atoms with E-state index in [1.165, 1.54) is 11.6 Å². The van der Waals surface area contributed by atoms with E-state index in [9.17, 15) is 4.39 Å². The summed E-state index contributed by atoms with van der Waals surface area (Å²) in [6.07, 6.45) is 6.28. The fourth-order valence-electron chi connectivity index (χ4n) is 5.40. The molecule has 8 nitrogen and oxygen atoms in total. The number of hydrogen-bond donors (Lipinski definition) is 2. The maximum Gasteiger partial charge on any atom is 0.158 e. The zero-order valence-electron chi connectivity index (χ0n) is 22.6. The second-order valence-electron chi connectivity index (χ2n) is 10.3. The molecule has 1 fully saturated rings. The van der Waals surface area contributed by atoms with Crippen LogP contribution in [0.2, 0.25) is 0 Å². The van der Waals surface area contributed by atoms with Crippen LogP contribution in [0.25, 0.3) is 5.52 Å². The molecule has 0 bridgehead atoms. The number of nitrogens with zero attached hydrogens (tertiary/aromatic N) is 6. The van der Waals surface area contributed by atoms with Crippen molar-refractivity contribution in [3.05, 3.63) is 83.6 Å². The molecule has 2 aromatic carbocycles. The largest absolute Gasteiger partial charge is 0.370 e. The van der Waals surface area contributed by atoms with Crippen LogP contribution in [0.3, 0.4) is 0 Å². The molecule has 2 N–H and O–H groups in total. The molecule has 202 valence electrons. The van der Waals surface area contributed by atoms with Gasteiger partial charge in [-0.25, -0.2) is 13.9 Å². The van der Waals surface area contributed by atoms with Gasteiger partial charge >= 0.3 is 0 Å². The van der Waals surface area contributed by atoms with Gasteiger partial charge in [-0.3, -0.25) is 4.90 Å². The van der Waals surface area contributed by atoms with E-state index in [2.05, 4.69) is 67.8 Å². The predicted octanol–water partition coefficient (Wildman–Crippen LogP) is 5.02. The van der Waals surface area contributed by atoms with Crippen LogP contribution in [0.4, 0.5) is 21.6 Å². The predicted molar refractivity (Wildman–Crippen MR) is 152 cm³/mol. The van der Waals surface area contributed by atoms with Crippen molar-refractivity contribution in [1.82, 2.24) is 24.8 Å². The molecule has 0 amide bonds. The van der Waals surface area contributed by atoms with Crippen molar-refractivity contribution in [2.45, 2.75) is 45.3 Å². The highest BCUT2D eigenvalue weighted by Gasteiger charge is 2.21. The normalized spacial score (nSPS) is 14.4. The van der Waals surface area contributed by atoms with E-state index in [-0.39, 0.29) is 5.82 Å². The molecule has 39 heavy (non-hydrogen) atoms. The number of rotatable bonds is 10. The lowest BCUT2D eigenvalue weighted by Gasteiger charge is -2.32. The third-order valence-electron chi connectivity index (χ3n) is 7.37. The molecule has 0 aliphatic carbocycles. The average Bonchev–Trinajstić information content (AvgIpc) is 3.33. The summed E-state index contributed by atoms with van der Waals surface area (Å²) in [7, 11) is 2.02. The van der Waals surface area contributed by atoms with E-state index < -0.39 is 0 Å². The van der Waals surface area contributed by atoms with E-state index in [1.54, 1.807) is 18.5 Å². The maximum atomic E-state index is 13.6. The van der Waals surface area contributed by atoms with Crippen LogP contribution < -0.4 is 15.5 Å². The van der Waals surface area contributed by atoms with Gasteiger partial charge in [0, 0.05) is 56.7 Å². The van der Waals surface area contributed by atoms with Crippen LogP contribution >= 0.6 is 0 Å². The topological polar surface area (TPSA) is 84.5 Å². The summed E-state index contributed by atoms with van der Waals surface area (Å²) >= 11 is 0. The Kier molecular flexibility index (Phi) is 8.35. The summed E-state index contributed by atoms with van der Waals surface area (Å²) in [6, 6.07) is 17.8. The minimum Gasteiger partial charge on any atom is -0.370 e. The number of nitriles is 1. The summed E-state index contributed by atoms with van der Waals surface area (Å²) in [5.74, 6) is 0.560. The van der Waals surface area contributed by atoms with Crippen LogP contribution in [0, 0.1) is 24.1 Å². The molecule has 0 atom stereocenters. The van der Waals surface area contributed by atoms with Crippen LogP contribution in [0.15, 0.2) is 61.1 Å².